The zero-order chi connectivity index (χ0) is 20.6. The number of esters is 1. The van der Waals surface area contributed by atoms with Crippen molar-refractivity contribution in [1.82, 2.24) is 4.72 Å². The van der Waals surface area contributed by atoms with Gasteiger partial charge in [0.15, 0.2) is 6.61 Å². The van der Waals surface area contributed by atoms with Gasteiger partial charge in [-0.3, -0.25) is 4.79 Å². The number of nitriles is 1. The highest BCUT2D eigenvalue weighted by Crippen LogP contribution is 2.13. The number of nitrogens with zero attached hydrogens (tertiary/aromatic N) is 1. The lowest BCUT2D eigenvalue weighted by Gasteiger charge is -2.08. The number of amides is 1. The van der Waals surface area contributed by atoms with Crippen molar-refractivity contribution in [2.45, 2.75) is 11.3 Å². The molecule has 0 saturated carbocycles. The Morgan fingerprint density at radius 3 is 2.43 bits per heavy atom. The third-order valence-corrected chi connectivity index (χ3v) is 4.89. The molecular weight excluding hydrogens is 389 g/mol. The van der Waals surface area contributed by atoms with Gasteiger partial charge in [-0.25, -0.2) is 22.3 Å². The van der Waals surface area contributed by atoms with Crippen molar-refractivity contribution in [1.29, 1.82) is 5.26 Å². The summed E-state index contributed by atoms with van der Waals surface area (Å²) in [4.78, 5) is 23.6. The number of ether oxygens (including phenoxy) is 1. The Hall–Kier alpha value is -3.29. The molecule has 0 atom stereocenters. The van der Waals surface area contributed by atoms with Crippen molar-refractivity contribution in [2.24, 2.45) is 0 Å². The van der Waals surface area contributed by atoms with Crippen LogP contribution in [0.5, 0.6) is 0 Å². The molecule has 146 valence electrons. The van der Waals surface area contributed by atoms with Gasteiger partial charge >= 0.3 is 5.97 Å². The lowest BCUT2D eigenvalue weighted by molar-refractivity contribution is -0.119. The summed E-state index contributed by atoms with van der Waals surface area (Å²) in [7, 11) is -3.79. The molecule has 2 aromatic carbocycles. The Kier molecular flexibility index (Phi) is 7.20. The molecule has 2 N–H and O–H groups in total. The first-order chi connectivity index (χ1) is 13.3. The van der Waals surface area contributed by atoms with Crippen LogP contribution in [-0.4, -0.2) is 33.4 Å². The second kappa shape index (κ2) is 9.59. The van der Waals surface area contributed by atoms with E-state index in [0.29, 0.717) is 0 Å². The van der Waals surface area contributed by atoms with Gasteiger partial charge in [-0.15, -0.1) is 0 Å². The number of benzene rings is 2. The number of carbonyl (C=O) groups excluding carboxylic acids is 2. The van der Waals surface area contributed by atoms with Crippen molar-refractivity contribution in [3.05, 3.63) is 59.9 Å². The standard InChI is InChI=1S/C18H16FN3O5S/c19-15-4-1-2-5-16(15)22-17(23)12-27-18(24)13-6-8-14(9-7-13)28(25,26)21-11-3-10-20/h1-2,4-9,21H,3,11-12H2,(H,22,23). The summed E-state index contributed by atoms with van der Waals surface area (Å²) in [5.41, 5.74) is -0.00308. The molecule has 0 bridgehead atoms. The number of hydrogen-bond donors (Lipinski definition) is 2. The number of nitrogens with one attached hydrogen (secondary N) is 2. The first kappa shape index (κ1) is 21.0. The molecule has 0 radical (unpaired) electrons. The van der Waals surface area contributed by atoms with Crippen LogP contribution in [-0.2, 0) is 19.6 Å². The van der Waals surface area contributed by atoms with Gasteiger partial charge < -0.3 is 10.1 Å². The van der Waals surface area contributed by atoms with Crippen LogP contribution in [0.3, 0.4) is 0 Å². The average Bonchev–Trinajstić information content (AvgIpc) is 2.68. The quantitative estimate of drug-likeness (QED) is 0.510. The van der Waals surface area contributed by atoms with Crippen LogP contribution in [0, 0.1) is 17.1 Å². The lowest BCUT2D eigenvalue weighted by Crippen LogP contribution is -2.24. The van der Waals surface area contributed by atoms with E-state index >= 15 is 0 Å². The second-order valence-electron chi connectivity index (χ2n) is 5.43. The summed E-state index contributed by atoms with van der Waals surface area (Å²) in [6, 6.07) is 12.2. The maximum absolute atomic E-state index is 13.5. The first-order valence-corrected chi connectivity index (χ1v) is 9.50. The van der Waals surface area contributed by atoms with E-state index in [-0.39, 0.29) is 29.1 Å². The monoisotopic (exact) mass is 405 g/mol. The number of hydrogen-bond acceptors (Lipinski definition) is 6. The summed E-state index contributed by atoms with van der Waals surface area (Å²) in [5, 5.41) is 10.7. The van der Waals surface area contributed by atoms with Gasteiger partial charge in [0.2, 0.25) is 10.0 Å². The molecule has 0 aliphatic heterocycles. The molecule has 0 heterocycles. The Labute approximate surface area is 161 Å². The number of sulfonamides is 1. The molecule has 2 aromatic rings. The van der Waals surface area contributed by atoms with Crippen LogP contribution >= 0.6 is 0 Å². The molecular formula is C18H16FN3O5S. The number of anilines is 1. The predicted molar refractivity (Wildman–Crippen MR) is 97.2 cm³/mol. The fourth-order valence-electron chi connectivity index (χ4n) is 2.06. The maximum atomic E-state index is 13.5. The normalized spacial score (nSPS) is 10.7. The number of halogens is 1. The Morgan fingerprint density at radius 1 is 1.11 bits per heavy atom. The van der Waals surface area contributed by atoms with E-state index in [0.717, 1.165) is 0 Å². The number of rotatable bonds is 8. The van der Waals surface area contributed by atoms with Crippen LogP contribution in [0.4, 0.5) is 10.1 Å². The molecule has 0 spiro atoms. The van der Waals surface area contributed by atoms with E-state index in [4.69, 9.17) is 10.00 Å². The average molecular weight is 405 g/mol. The van der Waals surface area contributed by atoms with Crippen molar-refractivity contribution in [3.63, 3.8) is 0 Å². The van der Waals surface area contributed by atoms with E-state index in [1.165, 1.54) is 48.5 Å². The topological polar surface area (TPSA) is 125 Å². The molecule has 10 heteroatoms. The van der Waals surface area contributed by atoms with E-state index in [1.54, 1.807) is 0 Å². The molecule has 0 fully saturated rings. The van der Waals surface area contributed by atoms with Gasteiger partial charge in [0.05, 0.1) is 22.2 Å². The lowest BCUT2D eigenvalue weighted by atomic mass is 10.2. The Morgan fingerprint density at radius 2 is 1.79 bits per heavy atom. The van der Waals surface area contributed by atoms with Crippen LogP contribution < -0.4 is 10.0 Å². The SMILES string of the molecule is N#CCCNS(=O)(=O)c1ccc(C(=O)OCC(=O)Nc2ccccc2F)cc1. The fraction of sp³-hybridized carbons (Fsp3) is 0.167. The molecule has 8 nitrogen and oxygen atoms in total. The summed E-state index contributed by atoms with van der Waals surface area (Å²) in [6.07, 6.45) is 0.0264. The predicted octanol–water partition coefficient (Wildman–Crippen LogP) is 1.81. The Balaban J connectivity index is 1.91. The number of carbonyl (C=O) groups is 2. The minimum Gasteiger partial charge on any atom is -0.452 e. The molecule has 0 aromatic heterocycles. The third-order valence-electron chi connectivity index (χ3n) is 3.41. The van der Waals surface area contributed by atoms with Crippen LogP contribution in [0.1, 0.15) is 16.8 Å². The fourth-order valence-corrected chi connectivity index (χ4v) is 3.09. The molecule has 0 aliphatic rings. The van der Waals surface area contributed by atoms with Crippen LogP contribution in [0.15, 0.2) is 53.4 Å². The molecule has 28 heavy (non-hydrogen) atoms. The van der Waals surface area contributed by atoms with Crippen LogP contribution in [0.25, 0.3) is 0 Å². The summed E-state index contributed by atoms with van der Waals surface area (Å²) in [6.45, 7) is -0.664. The summed E-state index contributed by atoms with van der Waals surface area (Å²) < 4.78 is 44.5. The molecule has 0 saturated heterocycles. The highest BCUT2D eigenvalue weighted by molar-refractivity contribution is 7.89. The Bertz CT molecular complexity index is 1000. The van der Waals surface area contributed by atoms with Crippen molar-refractivity contribution in [3.8, 4) is 6.07 Å². The summed E-state index contributed by atoms with van der Waals surface area (Å²) >= 11 is 0. The number of para-hydroxylation sites is 1. The zero-order valence-electron chi connectivity index (χ0n) is 14.5. The minimum atomic E-state index is -3.79. The van der Waals surface area contributed by atoms with Crippen molar-refractivity contribution >= 4 is 27.6 Å². The molecule has 2 rings (SSSR count). The van der Waals surface area contributed by atoms with Crippen LogP contribution in [0.2, 0.25) is 0 Å². The van der Waals surface area contributed by atoms with Gasteiger partial charge in [-0.2, -0.15) is 5.26 Å². The molecule has 0 unspecified atom stereocenters. The largest absolute Gasteiger partial charge is 0.452 e. The maximum Gasteiger partial charge on any atom is 0.338 e. The van der Waals surface area contributed by atoms with E-state index in [2.05, 4.69) is 10.0 Å². The summed E-state index contributed by atoms with van der Waals surface area (Å²) in [5.74, 6) is -2.19. The third kappa shape index (κ3) is 5.87. The highest BCUT2D eigenvalue weighted by atomic mass is 32.2. The van der Waals surface area contributed by atoms with Gasteiger partial charge in [0, 0.05) is 13.0 Å². The highest BCUT2D eigenvalue weighted by Gasteiger charge is 2.16. The second-order valence-corrected chi connectivity index (χ2v) is 7.20. The van der Waals surface area contributed by atoms with Crippen molar-refractivity contribution in [2.75, 3.05) is 18.5 Å². The van der Waals surface area contributed by atoms with Gasteiger partial charge in [-0.1, -0.05) is 12.1 Å². The molecule has 1 amide bonds. The minimum absolute atomic E-state index is 0.0264. The van der Waals surface area contributed by atoms with E-state index in [9.17, 15) is 22.4 Å². The van der Waals surface area contributed by atoms with E-state index < -0.39 is 34.3 Å². The van der Waals surface area contributed by atoms with Gasteiger partial charge in [0.25, 0.3) is 5.91 Å². The van der Waals surface area contributed by atoms with Crippen molar-refractivity contribution < 1.29 is 27.1 Å². The smallest absolute Gasteiger partial charge is 0.338 e. The zero-order valence-corrected chi connectivity index (χ0v) is 15.3. The molecule has 0 aliphatic carbocycles. The van der Waals surface area contributed by atoms with Gasteiger partial charge in [-0.05, 0) is 36.4 Å². The first-order valence-electron chi connectivity index (χ1n) is 8.01. The van der Waals surface area contributed by atoms with E-state index in [1.807, 2.05) is 6.07 Å². The van der Waals surface area contributed by atoms with Gasteiger partial charge in [0.1, 0.15) is 5.82 Å².